The fourth-order valence-corrected chi connectivity index (χ4v) is 2.31. The Kier molecular flexibility index (Phi) is 5.40. The lowest BCUT2D eigenvalue weighted by atomic mass is 10.1. The second kappa shape index (κ2) is 7.29. The molecular weight excluding hydrogens is 314 g/mol. The molecule has 0 saturated heterocycles. The summed E-state index contributed by atoms with van der Waals surface area (Å²) >= 11 is 6.08. The molecule has 0 bridgehead atoms. The molecule has 0 heterocycles. The normalized spacial score (nSPS) is 10.3. The lowest BCUT2D eigenvalue weighted by Crippen LogP contribution is -2.13. The molecule has 0 fully saturated rings. The Morgan fingerprint density at radius 1 is 1.09 bits per heavy atom. The van der Waals surface area contributed by atoms with E-state index in [0.717, 1.165) is 11.1 Å². The van der Waals surface area contributed by atoms with Crippen LogP contribution >= 0.6 is 11.6 Å². The van der Waals surface area contributed by atoms with Crippen LogP contribution in [0.15, 0.2) is 36.4 Å². The van der Waals surface area contributed by atoms with E-state index in [1.807, 2.05) is 26.0 Å². The molecule has 0 spiro atoms. The Hall–Kier alpha value is -2.33. The van der Waals surface area contributed by atoms with Crippen LogP contribution in [-0.4, -0.2) is 18.5 Å². The van der Waals surface area contributed by atoms with E-state index in [0.29, 0.717) is 11.3 Å². The SMILES string of the molecule is CCOC(=O)c1ccc(NC(=O)c2ccc(C)c(C)c2)cc1Cl. The Bertz CT molecular complexity index is 756. The highest BCUT2D eigenvalue weighted by molar-refractivity contribution is 6.34. The zero-order chi connectivity index (χ0) is 17.0. The second-order valence-electron chi connectivity index (χ2n) is 5.17. The zero-order valence-corrected chi connectivity index (χ0v) is 14.0. The van der Waals surface area contributed by atoms with Crippen LogP contribution in [0.4, 0.5) is 5.69 Å². The summed E-state index contributed by atoms with van der Waals surface area (Å²) in [7, 11) is 0. The number of hydrogen-bond acceptors (Lipinski definition) is 3. The van der Waals surface area contributed by atoms with Gasteiger partial charge in [-0.3, -0.25) is 4.79 Å². The maximum absolute atomic E-state index is 12.3. The van der Waals surface area contributed by atoms with Crippen molar-refractivity contribution < 1.29 is 14.3 Å². The van der Waals surface area contributed by atoms with Crippen molar-refractivity contribution in [2.45, 2.75) is 20.8 Å². The summed E-state index contributed by atoms with van der Waals surface area (Å²) in [5, 5.41) is 3.01. The van der Waals surface area contributed by atoms with Crippen molar-refractivity contribution in [1.29, 1.82) is 0 Å². The number of halogens is 1. The summed E-state index contributed by atoms with van der Waals surface area (Å²) in [6.07, 6.45) is 0. The summed E-state index contributed by atoms with van der Waals surface area (Å²) in [4.78, 5) is 24.0. The van der Waals surface area contributed by atoms with Gasteiger partial charge in [-0.15, -0.1) is 0 Å². The van der Waals surface area contributed by atoms with Gasteiger partial charge in [0.2, 0.25) is 0 Å². The third kappa shape index (κ3) is 4.11. The van der Waals surface area contributed by atoms with E-state index in [9.17, 15) is 9.59 Å². The Balaban J connectivity index is 2.16. The van der Waals surface area contributed by atoms with E-state index in [2.05, 4.69) is 5.32 Å². The first-order valence-electron chi connectivity index (χ1n) is 7.27. The van der Waals surface area contributed by atoms with Gasteiger partial charge in [0.1, 0.15) is 0 Å². The molecule has 4 nitrogen and oxygen atoms in total. The van der Waals surface area contributed by atoms with E-state index in [1.54, 1.807) is 19.1 Å². The van der Waals surface area contributed by atoms with Crippen LogP contribution in [0.3, 0.4) is 0 Å². The molecule has 0 saturated carbocycles. The highest BCUT2D eigenvalue weighted by atomic mass is 35.5. The average Bonchev–Trinajstić information content (AvgIpc) is 2.50. The Morgan fingerprint density at radius 2 is 1.83 bits per heavy atom. The number of ether oxygens (including phenoxy) is 1. The van der Waals surface area contributed by atoms with Crippen molar-refractivity contribution in [3.8, 4) is 0 Å². The van der Waals surface area contributed by atoms with Crippen molar-refractivity contribution in [2.75, 3.05) is 11.9 Å². The molecule has 0 radical (unpaired) electrons. The van der Waals surface area contributed by atoms with E-state index in [-0.39, 0.29) is 23.1 Å². The van der Waals surface area contributed by atoms with Crippen molar-refractivity contribution >= 4 is 29.2 Å². The molecule has 0 atom stereocenters. The Morgan fingerprint density at radius 3 is 2.43 bits per heavy atom. The molecule has 2 aromatic rings. The standard InChI is InChI=1S/C18H18ClNO3/c1-4-23-18(22)15-8-7-14(10-16(15)19)20-17(21)13-6-5-11(2)12(3)9-13/h5-10H,4H2,1-3H3,(H,20,21). The van der Waals surface area contributed by atoms with Gasteiger partial charge in [-0.05, 0) is 62.2 Å². The van der Waals surface area contributed by atoms with Gasteiger partial charge in [0.15, 0.2) is 0 Å². The van der Waals surface area contributed by atoms with Gasteiger partial charge in [0.25, 0.3) is 5.91 Å². The van der Waals surface area contributed by atoms with Gasteiger partial charge in [-0.25, -0.2) is 4.79 Å². The van der Waals surface area contributed by atoms with Crippen molar-refractivity contribution in [3.05, 3.63) is 63.7 Å². The topological polar surface area (TPSA) is 55.4 Å². The first-order chi connectivity index (χ1) is 10.9. The minimum atomic E-state index is -0.482. The van der Waals surface area contributed by atoms with Crippen LogP contribution in [0.25, 0.3) is 0 Å². The van der Waals surface area contributed by atoms with Gasteiger partial charge in [-0.1, -0.05) is 17.7 Å². The number of amides is 1. The highest BCUT2D eigenvalue weighted by Gasteiger charge is 2.13. The first-order valence-corrected chi connectivity index (χ1v) is 7.65. The largest absolute Gasteiger partial charge is 0.462 e. The van der Waals surface area contributed by atoms with Gasteiger partial charge in [0, 0.05) is 11.3 Å². The minimum absolute atomic E-state index is 0.229. The van der Waals surface area contributed by atoms with E-state index in [4.69, 9.17) is 16.3 Å². The first kappa shape index (κ1) is 17.0. The number of carbonyl (C=O) groups is 2. The molecule has 1 amide bonds. The summed E-state index contributed by atoms with van der Waals surface area (Å²) < 4.78 is 4.91. The summed E-state index contributed by atoms with van der Waals surface area (Å²) in [5.74, 6) is -0.711. The predicted octanol–water partition coefficient (Wildman–Crippen LogP) is 4.39. The van der Waals surface area contributed by atoms with Gasteiger partial charge in [0.05, 0.1) is 17.2 Å². The van der Waals surface area contributed by atoms with Crippen LogP contribution in [0.5, 0.6) is 0 Å². The van der Waals surface area contributed by atoms with Crippen LogP contribution in [0, 0.1) is 13.8 Å². The monoisotopic (exact) mass is 331 g/mol. The van der Waals surface area contributed by atoms with Gasteiger partial charge in [-0.2, -0.15) is 0 Å². The number of aryl methyl sites for hydroxylation is 2. The molecule has 0 unspecified atom stereocenters. The lowest BCUT2D eigenvalue weighted by molar-refractivity contribution is 0.0526. The average molecular weight is 332 g/mol. The smallest absolute Gasteiger partial charge is 0.339 e. The predicted molar refractivity (Wildman–Crippen MR) is 91.3 cm³/mol. The second-order valence-corrected chi connectivity index (χ2v) is 5.58. The number of rotatable bonds is 4. The molecule has 0 aromatic heterocycles. The number of esters is 1. The fraction of sp³-hybridized carbons (Fsp3) is 0.222. The summed E-state index contributed by atoms with van der Waals surface area (Å²) in [5.41, 5.74) is 3.54. The van der Waals surface area contributed by atoms with Crippen molar-refractivity contribution in [1.82, 2.24) is 0 Å². The van der Waals surface area contributed by atoms with Crippen LogP contribution in [0.1, 0.15) is 38.8 Å². The molecular formula is C18H18ClNO3. The molecule has 2 rings (SSSR count). The maximum atomic E-state index is 12.3. The molecule has 0 aliphatic carbocycles. The van der Waals surface area contributed by atoms with E-state index < -0.39 is 5.97 Å². The third-order valence-electron chi connectivity index (χ3n) is 3.49. The van der Waals surface area contributed by atoms with Crippen LogP contribution in [-0.2, 0) is 4.74 Å². The van der Waals surface area contributed by atoms with E-state index >= 15 is 0 Å². The lowest BCUT2D eigenvalue weighted by Gasteiger charge is -2.09. The Labute approximate surface area is 140 Å². The number of benzene rings is 2. The van der Waals surface area contributed by atoms with Crippen molar-refractivity contribution in [3.63, 3.8) is 0 Å². The zero-order valence-electron chi connectivity index (χ0n) is 13.3. The van der Waals surface area contributed by atoms with Crippen LogP contribution < -0.4 is 5.32 Å². The van der Waals surface area contributed by atoms with Gasteiger partial charge >= 0.3 is 5.97 Å². The molecule has 0 aliphatic rings. The molecule has 5 heteroatoms. The van der Waals surface area contributed by atoms with Crippen molar-refractivity contribution in [2.24, 2.45) is 0 Å². The number of hydrogen-bond donors (Lipinski definition) is 1. The number of nitrogens with one attached hydrogen (secondary N) is 1. The van der Waals surface area contributed by atoms with Gasteiger partial charge < -0.3 is 10.1 Å². The number of anilines is 1. The molecule has 1 N–H and O–H groups in total. The maximum Gasteiger partial charge on any atom is 0.339 e. The molecule has 120 valence electrons. The summed E-state index contributed by atoms with van der Waals surface area (Å²) in [6.45, 7) is 5.95. The molecule has 0 aliphatic heterocycles. The van der Waals surface area contributed by atoms with Crippen LogP contribution in [0.2, 0.25) is 5.02 Å². The highest BCUT2D eigenvalue weighted by Crippen LogP contribution is 2.22. The van der Waals surface area contributed by atoms with E-state index in [1.165, 1.54) is 12.1 Å². The number of carbonyl (C=O) groups excluding carboxylic acids is 2. The molecule has 23 heavy (non-hydrogen) atoms. The third-order valence-corrected chi connectivity index (χ3v) is 3.80. The minimum Gasteiger partial charge on any atom is -0.462 e. The molecule has 2 aromatic carbocycles. The quantitative estimate of drug-likeness (QED) is 0.845. The fourth-order valence-electron chi connectivity index (χ4n) is 2.05. The summed E-state index contributed by atoms with van der Waals surface area (Å²) in [6, 6.07) is 10.2.